The van der Waals surface area contributed by atoms with Crippen LogP contribution in [0.25, 0.3) is 0 Å². The van der Waals surface area contributed by atoms with Crippen LogP contribution in [0.5, 0.6) is 0 Å². The molecule has 0 unspecified atom stereocenters. The van der Waals surface area contributed by atoms with Crippen LogP contribution in [0.3, 0.4) is 0 Å². The predicted octanol–water partition coefficient (Wildman–Crippen LogP) is 1.35. The second kappa shape index (κ2) is 5.14. The van der Waals surface area contributed by atoms with E-state index in [1.807, 2.05) is 0 Å². The third-order valence-corrected chi connectivity index (χ3v) is 1.43. The molecule has 0 rings (SSSR count). The number of ether oxygens (including phenoxy) is 1. The highest BCUT2D eigenvalue weighted by atomic mass is 16.5. The first-order valence-corrected chi connectivity index (χ1v) is 4.22. The normalized spacial score (nSPS) is 11.3. The summed E-state index contributed by atoms with van der Waals surface area (Å²) in [6.45, 7) is 6.25. The molecule has 3 nitrogen and oxygen atoms in total. The molecule has 0 aliphatic rings. The zero-order valence-electron chi connectivity index (χ0n) is 8.09. The Morgan fingerprint density at radius 1 is 1.42 bits per heavy atom. The van der Waals surface area contributed by atoms with Crippen LogP contribution in [0.15, 0.2) is 0 Å². The molecule has 0 amide bonds. The van der Waals surface area contributed by atoms with Crippen molar-refractivity contribution in [2.24, 2.45) is 5.41 Å². The Labute approximate surface area is 73.7 Å². The summed E-state index contributed by atoms with van der Waals surface area (Å²) < 4.78 is 4.70. The topological polar surface area (TPSA) is 46.5 Å². The van der Waals surface area contributed by atoms with Gasteiger partial charge in [-0.15, -0.1) is 0 Å². The molecule has 0 saturated carbocycles. The molecule has 0 aromatic carbocycles. The molecule has 0 fully saturated rings. The van der Waals surface area contributed by atoms with Crippen molar-refractivity contribution in [2.45, 2.75) is 33.6 Å². The molecular weight excluding hydrogens is 156 g/mol. The molecule has 3 heteroatoms. The number of carbonyl (C=O) groups is 1. The summed E-state index contributed by atoms with van der Waals surface area (Å²) >= 11 is 0. The Bertz CT molecular complexity index is 135. The van der Waals surface area contributed by atoms with Crippen LogP contribution in [-0.4, -0.2) is 24.3 Å². The van der Waals surface area contributed by atoms with Gasteiger partial charge in [0.1, 0.15) is 6.61 Å². The van der Waals surface area contributed by atoms with E-state index < -0.39 is 0 Å². The molecule has 0 aromatic rings. The van der Waals surface area contributed by atoms with E-state index in [4.69, 9.17) is 9.84 Å². The molecule has 0 heterocycles. The summed E-state index contributed by atoms with van der Waals surface area (Å²) in [4.78, 5) is 10.9. The Morgan fingerprint density at radius 3 is 2.42 bits per heavy atom. The van der Waals surface area contributed by atoms with E-state index >= 15 is 0 Å². The second-order valence-electron chi connectivity index (χ2n) is 4.00. The van der Waals surface area contributed by atoms with E-state index in [0.29, 0.717) is 6.42 Å². The highest BCUT2D eigenvalue weighted by Crippen LogP contribution is 2.20. The van der Waals surface area contributed by atoms with E-state index in [2.05, 4.69) is 20.8 Å². The van der Waals surface area contributed by atoms with Crippen LogP contribution < -0.4 is 0 Å². The van der Waals surface area contributed by atoms with E-state index in [9.17, 15) is 4.79 Å². The first kappa shape index (κ1) is 11.4. The van der Waals surface area contributed by atoms with Crippen molar-refractivity contribution in [1.29, 1.82) is 0 Å². The van der Waals surface area contributed by atoms with Gasteiger partial charge in [0.25, 0.3) is 0 Å². The summed E-state index contributed by atoms with van der Waals surface area (Å²) in [5, 5.41) is 8.37. The van der Waals surface area contributed by atoms with Crippen LogP contribution in [0.4, 0.5) is 0 Å². The monoisotopic (exact) mass is 174 g/mol. The van der Waals surface area contributed by atoms with Gasteiger partial charge in [0.05, 0.1) is 6.61 Å². The minimum atomic E-state index is -0.223. The first-order valence-electron chi connectivity index (χ1n) is 4.22. The smallest absolute Gasteiger partial charge is 0.305 e. The molecule has 1 N–H and O–H groups in total. The average molecular weight is 174 g/mol. The Kier molecular flexibility index (Phi) is 4.90. The summed E-state index contributed by atoms with van der Waals surface area (Å²) in [6.07, 6.45) is 1.25. The standard InChI is InChI=1S/C9H18O3/c1-9(2,3)5-4-8(11)12-7-6-10/h10H,4-7H2,1-3H3. The third kappa shape index (κ3) is 7.54. The van der Waals surface area contributed by atoms with Gasteiger partial charge in [-0.25, -0.2) is 0 Å². The molecule has 0 aliphatic heterocycles. The average Bonchev–Trinajstić information content (AvgIpc) is 1.95. The van der Waals surface area contributed by atoms with Crippen molar-refractivity contribution in [3.63, 3.8) is 0 Å². The number of carbonyl (C=O) groups excluding carboxylic acids is 1. The molecule has 72 valence electrons. The summed E-state index contributed by atoms with van der Waals surface area (Å²) in [6, 6.07) is 0. The predicted molar refractivity (Wildman–Crippen MR) is 46.7 cm³/mol. The number of esters is 1. The van der Waals surface area contributed by atoms with Gasteiger partial charge in [-0.3, -0.25) is 4.79 Å². The fraction of sp³-hybridized carbons (Fsp3) is 0.889. The van der Waals surface area contributed by atoms with Gasteiger partial charge in [-0.2, -0.15) is 0 Å². The van der Waals surface area contributed by atoms with Gasteiger partial charge in [0.2, 0.25) is 0 Å². The van der Waals surface area contributed by atoms with Crippen molar-refractivity contribution >= 4 is 5.97 Å². The Hall–Kier alpha value is -0.570. The Morgan fingerprint density at radius 2 is 2.00 bits per heavy atom. The lowest BCUT2D eigenvalue weighted by molar-refractivity contribution is -0.145. The van der Waals surface area contributed by atoms with Crippen molar-refractivity contribution in [3.05, 3.63) is 0 Å². The number of hydrogen-bond donors (Lipinski definition) is 1. The fourth-order valence-corrected chi connectivity index (χ4v) is 0.709. The van der Waals surface area contributed by atoms with Gasteiger partial charge in [-0.05, 0) is 11.8 Å². The van der Waals surface area contributed by atoms with Crippen LogP contribution >= 0.6 is 0 Å². The molecule has 0 atom stereocenters. The highest BCUT2D eigenvalue weighted by molar-refractivity contribution is 5.69. The molecule has 0 spiro atoms. The van der Waals surface area contributed by atoms with Crippen molar-refractivity contribution in [1.82, 2.24) is 0 Å². The summed E-state index contributed by atoms with van der Waals surface area (Å²) in [7, 11) is 0. The van der Waals surface area contributed by atoms with Crippen LogP contribution in [0.1, 0.15) is 33.6 Å². The fourth-order valence-electron chi connectivity index (χ4n) is 0.709. The molecule has 0 radical (unpaired) electrons. The van der Waals surface area contributed by atoms with Gasteiger partial charge >= 0.3 is 5.97 Å². The molecular formula is C9H18O3. The van der Waals surface area contributed by atoms with E-state index in [1.165, 1.54) is 0 Å². The second-order valence-corrected chi connectivity index (χ2v) is 4.00. The lowest BCUT2D eigenvalue weighted by Crippen LogP contribution is -2.12. The quantitative estimate of drug-likeness (QED) is 0.654. The van der Waals surface area contributed by atoms with Gasteiger partial charge in [0, 0.05) is 6.42 Å². The zero-order valence-corrected chi connectivity index (χ0v) is 8.09. The van der Waals surface area contributed by atoms with E-state index in [0.717, 1.165) is 6.42 Å². The molecule has 0 aliphatic carbocycles. The number of rotatable bonds is 4. The lowest BCUT2D eigenvalue weighted by atomic mass is 9.91. The van der Waals surface area contributed by atoms with Crippen LogP contribution in [-0.2, 0) is 9.53 Å². The lowest BCUT2D eigenvalue weighted by Gasteiger charge is -2.16. The SMILES string of the molecule is CC(C)(C)CCC(=O)OCCO. The van der Waals surface area contributed by atoms with Crippen LogP contribution in [0.2, 0.25) is 0 Å². The maximum atomic E-state index is 10.9. The van der Waals surface area contributed by atoms with Gasteiger partial charge < -0.3 is 9.84 Å². The van der Waals surface area contributed by atoms with Crippen LogP contribution in [0, 0.1) is 5.41 Å². The maximum Gasteiger partial charge on any atom is 0.305 e. The minimum absolute atomic E-state index is 0.0960. The number of aliphatic hydroxyl groups is 1. The first-order chi connectivity index (χ1) is 5.45. The minimum Gasteiger partial charge on any atom is -0.463 e. The molecule has 12 heavy (non-hydrogen) atoms. The van der Waals surface area contributed by atoms with E-state index in [1.54, 1.807) is 0 Å². The van der Waals surface area contributed by atoms with E-state index in [-0.39, 0.29) is 24.6 Å². The Balaban J connectivity index is 3.44. The van der Waals surface area contributed by atoms with Gasteiger partial charge in [0.15, 0.2) is 0 Å². The molecule has 0 bridgehead atoms. The zero-order chi connectivity index (χ0) is 9.61. The third-order valence-electron chi connectivity index (χ3n) is 1.43. The number of aliphatic hydroxyl groups excluding tert-OH is 1. The maximum absolute atomic E-state index is 10.9. The van der Waals surface area contributed by atoms with Crippen molar-refractivity contribution in [2.75, 3.05) is 13.2 Å². The largest absolute Gasteiger partial charge is 0.463 e. The van der Waals surface area contributed by atoms with Gasteiger partial charge in [-0.1, -0.05) is 20.8 Å². The summed E-state index contributed by atoms with van der Waals surface area (Å²) in [5.41, 5.74) is 0.165. The van der Waals surface area contributed by atoms with Crippen molar-refractivity contribution in [3.8, 4) is 0 Å². The van der Waals surface area contributed by atoms with Crippen molar-refractivity contribution < 1.29 is 14.6 Å². The highest BCUT2D eigenvalue weighted by Gasteiger charge is 2.13. The molecule has 0 aromatic heterocycles. The number of hydrogen-bond acceptors (Lipinski definition) is 3. The summed E-state index contributed by atoms with van der Waals surface area (Å²) in [5.74, 6) is -0.223. The molecule has 0 saturated heterocycles.